The minimum absolute atomic E-state index is 0.918. The van der Waals surface area contributed by atoms with E-state index < -0.39 is 0 Å². The van der Waals surface area contributed by atoms with Crippen molar-refractivity contribution < 1.29 is 0 Å². The predicted octanol–water partition coefficient (Wildman–Crippen LogP) is 1.17. The maximum absolute atomic E-state index is 4.48. The zero-order chi connectivity index (χ0) is 14.9. The van der Waals surface area contributed by atoms with Crippen LogP contribution in [0.4, 0.5) is 0 Å². The molecule has 5 nitrogen and oxygen atoms in total. The van der Waals surface area contributed by atoms with Crippen LogP contribution in [0, 0.1) is 0 Å². The molecule has 2 aromatic rings. The van der Waals surface area contributed by atoms with Crippen LogP contribution >= 0.6 is 0 Å². The van der Waals surface area contributed by atoms with Gasteiger partial charge in [0.1, 0.15) is 11.6 Å². The van der Waals surface area contributed by atoms with Crippen LogP contribution < -0.4 is 0 Å². The standard InChI is InChI=1S/C17H23N5/c1-20-8-10-21(11-9-20)13-17-19-18-16-7-6-14-4-2-3-5-15(14)12-22(16)17/h2-5H,6-13H2,1H3. The molecule has 0 radical (unpaired) electrons. The third kappa shape index (κ3) is 2.66. The van der Waals surface area contributed by atoms with Crippen molar-refractivity contribution in [1.82, 2.24) is 24.6 Å². The Bertz CT molecular complexity index is 655. The van der Waals surface area contributed by atoms with Gasteiger partial charge in [-0.3, -0.25) is 4.90 Å². The van der Waals surface area contributed by atoms with Gasteiger partial charge >= 0.3 is 0 Å². The van der Waals surface area contributed by atoms with E-state index in [1.54, 1.807) is 0 Å². The molecule has 1 aromatic carbocycles. The third-order valence-electron chi connectivity index (χ3n) is 4.93. The number of piperazine rings is 1. The normalized spacial score (nSPS) is 19.5. The molecule has 0 atom stereocenters. The van der Waals surface area contributed by atoms with Gasteiger partial charge in [0.25, 0.3) is 0 Å². The zero-order valence-corrected chi connectivity index (χ0v) is 13.2. The van der Waals surface area contributed by atoms with E-state index in [0.29, 0.717) is 0 Å². The number of nitrogens with zero attached hydrogens (tertiary/aromatic N) is 5. The SMILES string of the molecule is CN1CCN(Cc2nnc3n2Cc2ccccc2CC3)CC1. The molecule has 2 aliphatic rings. The van der Waals surface area contributed by atoms with E-state index in [9.17, 15) is 0 Å². The minimum Gasteiger partial charge on any atom is -0.309 e. The fourth-order valence-corrected chi connectivity index (χ4v) is 3.44. The highest BCUT2D eigenvalue weighted by molar-refractivity contribution is 5.30. The monoisotopic (exact) mass is 297 g/mol. The van der Waals surface area contributed by atoms with Crippen LogP contribution in [0.3, 0.4) is 0 Å². The van der Waals surface area contributed by atoms with E-state index in [2.05, 4.69) is 55.9 Å². The molecule has 1 fully saturated rings. The van der Waals surface area contributed by atoms with Gasteiger partial charge in [0.05, 0.1) is 13.1 Å². The summed E-state index contributed by atoms with van der Waals surface area (Å²) in [4.78, 5) is 4.88. The topological polar surface area (TPSA) is 37.2 Å². The van der Waals surface area contributed by atoms with E-state index in [1.807, 2.05) is 0 Å². The average molecular weight is 297 g/mol. The summed E-state index contributed by atoms with van der Waals surface area (Å²) in [6, 6.07) is 8.75. The van der Waals surface area contributed by atoms with Crippen molar-refractivity contribution in [2.45, 2.75) is 25.9 Å². The number of aromatic nitrogens is 3. The van der Waals surface area contributed by atoms with Crippen molar-refractivity contribution in [3.05, 3.63) is 47.0 Å². The third-order valence-corrected chi connectivity index (χ3v) is 4.93. The fourth-order valence-electron chi connectivity index (χ4n) is 3.44. The van der Waals surface area contributed by atoms with Gasteiger partial charge in [0.15, 0.2) is 0 Å². The summed E-state index contributed by atoms with van der Waals surface area (Å²) < 4.78 is 2.34. The van der Waals surface area contributed by atoms with Gasteiger partial charge in [-0.1, -0.05) is 24.3 Å². The Morgan fingerprint density at radius 3 is 2.55 bits per heavy atom. The van der Waals surface area contributed by atoms with E-state index in [4.69, 9.17) is 0 Å². The highest BCUT2D eigenvalue weighted by atomic mass is 15.3. The zero-order valence-electron chi connectivity index (χ0n) is 13.2. The molecule has 2 aliphatic heterocycles. The summed E-state index contributed by atoms with van der Waals surface area (Å²) >= 11 is 0. The Hall–Kier alpha value is -1.72. The molecular weight excluding hydrogens is 274 g/mol. The Kier molecular flexibility index (Phi) is 3.68. The number of hydrogen-bond donors (Lipinski definition) is 0. The van der Waals surface area contributed by atoms with E-state index >= 15 is 0 Å². The summed E-state index contributed by atoms with van der Waals surface area (Å²) in [5, 5.41) is 8.94. The van der Waals surface area contributed by atoms with Gasteiger partial charge in [-0.05, 0) is 24.6 Å². The Balaban J connectivity index is 1.56. The Morgan fingerprint density at radius 1 is 0.955 bits per heavy atom. The van der Waals surface area contributed by atoms with Gasteiger partial charge in [0.2, 0.25) is 0 Å². The lowest BCUT2D eigenvalue weighted by Gasteiger charge is -2.32. The molecule has 1 saturated heterocycles. The van der Waals surface area contributed by atoms with E-state index in [0.717, 1.165) is 63.8 Å². The second-order valence-electron chi connectivity index (χ2n) is 6.47. The van der Waals surface area contributed by atoms with Crippen LogP contribution in [0.15, 0.2) is 24.3 Å². The molecule has 22 heavy (non-hydrogen) atoms. The maximum atomic E-state index is 4.48. The van der Waals surface area contributed by atoms with Crippen LogP contribution in [0.5, 0.6) is 0 Å². The lowest BCUT2D eigenvalue weighted by atomic mass is 10.0. The lowest BCUT2D eigenvalue weighted by Crippen LogP contribution is -2.44. The van der Waals surface area contributed by atoms with Crippen molar-refractivity contribution in [3.8, 4) is 0 Å². The molecule has 4 rings (SSSR count). The van der Waals surface area contributed by atoms with Crippen LogP contribution in [-0.4, -0.2) is 57.8 Å². The Labute approximate surface area is 131 Å². The number of rotatable bonds is 2. The average Bonchev–Trinajstić information content (AvgIpc) is 2.80. The molecule has 0 spiro atoms. The van der Waals surface area contributed by atoms with Crippen molar-refractivity contribution in [2.24, 2.45) is 0 Å². The number of likely N-dealkylation sites (N-methyl/N-ethyl adjacent to an activating group) is 1. The predicted molar refractivity (Wildman–Crippen MR) is 85.7 cm³/mol. The first-order valence-corrected chi connectivity index (χ1v) is 8.18. The van der Waals surface area contributed by atoms with Crippen LogP contribution in [-0.2, 0) is 25.9 Å². The molecule has 0 amide bonds. The minimum atomic E-state index is 0.918. The highest BCUT2D eigenvalue weighted by Crippen LogP contribution is 2.20. The molecule has 0 N–H and O–H groups in total. The van der Waals surface area contributed by atoms with Crippen molar-refractivity contribution >= 4 is 0 Å². The van der Waals surface area contributed by atoms with Crippen molar-refractivity contribution in [3.63, 3.8) is 0 Å². The number of fused-ring (bicyclic) bond motifs is 2. The van der Waals surface area contributed by atoms with E-state index in [1.165, 1.54) is 11.1 Å². The molecule has 0 saturated carbocycles. The largest absolute Gasteiger partial charge is 0.309 e. The summed E-state index contributed by atoms with van der Waals surface area (Å²) in [7, 11) is 2.19. The number of hydrogen-bond acceptors (Lipinski definition) is 4. The van der Waals surface area contributed by atoms with Gasteiger partial charge < -0.3 is 9.47 Å². The molecule has 0 aliphatic carbocycles. The van der Waals surface area contributed by atoms with Gasteiger partial charge in [-0.15, -0.1) is 10.2 Å². The lowest BCUT2D eigenvalue weighted by molar-refractivity contribution is 0.144. The first-order valence-electron chi connectivity index (χ1n) is 8.18. The first-order chi connectivity index (χ1) is 10.8. The summed E-state index contributed by atoms with van der Waals surface area (Å²) in [5.41, 5.74) is 2.87. The van der Waals surface area contributed by atoms with Crippen molar-refractivity contribution in [2.75, 3.05) is 33.2 Å². The van der Waals surface area contributed by atoms with Crippen LogP contribution in [0.2, 0.25) is 0 Å². The molecule has 5 heteroatoms. The van der Waals surface area contributed by atoms with Gasteiger partial charge in [-0.2, -0.15) is 0 Å². The molecule has 0 unspecified atom stereocenters. The molecule has 116 valence electrons. The maximum Gasteiger partial charge on any atom is 0.147 e. The quantitative estimate of drug-likeness (QED) is 0.834. The highest BCUT2D eigenvalue weighted by Gasteiger charge is 2.21. The molecule has 1 aromatic heterocycles. The van der Waals surface area contributed by atoms with Crippen LogP contribution in [0.1, 0.15) is 22.8 Å². The molecule has 3 heterocycles. The van der Waals surface area contributed by atoms with Crippen molar-refractivity contribution in [1.29, 1.82) is 0 Å². The van der Waals surface area contributed by atoms with Gasteiger partial charge in [-0.25, -0.2) is 0 Å². The van der Waals surface area contributed by atoms with Crippen LogP contribution in [0.25, 0.3) is 0 Å². The molecular formula is C17H23N5. The molecule has 0 bridgehead atoms. The van der Waals surface area contributed by atoms with E-state index in [-0.39, 0.29) is 0 Å². The number of benzene rings is 1. The Morgan fingerprint density at radius 2 is 1.73 bits per heavy atom. The summed E-state index contributed by atoms with van der Waals surface area (Å²) in [5.74, 6) is 2.26. The second kappa shape index (κ2) is 5.82. The first kappa shape index (κ1) is 13.9. The summed E-state index contributed by atoms with van der Waals surface area (Å²) in [6.07, 6.45) is 2.07. The van der Waals surface area contributed by atoms with Gasteiger partial charge in [0, 0.05) is 32.6 Å². The second-order valence-corrected chi connectivity index (χ2v) is 6.47. The summed E-state index contributed by atoms with van der Waals surface area (Å²) in [6.45, 7) is 6.36. The fraction of sp³-hybridized carbons (Fsp3) is 0.529. The number of aryl methyl sites for hydroxylation is 2. The smallest absolute Gasteiger partial charge is 0.147 e.